The summed E-state index contributed by atoms with van der Waals surface area (Å²) in [6, 6.07) is 0.526. The molecule has 1 heterocycles. The average Bonchev–Trinajstić information content (AvgIpc) is 2.56. The fourth-order valence-electron chi connectivity index (χ4n) is 2.44. The first-order chi connectivity index (χ1) is 8.25. The SMILES string of the molecule is CC(C)NCC1(CCOC(C)(C)C)CCOC1C. The van der Waals surface area contributed by atoms with Crippen molar-refractivity contribution >= 4 is 0 Å². The van der Waals surface area contributed by atoms with Crippen molar-refractivity contribution in [2.24, 2.45) is 5.41 Å². The second kappa shape index (κ2) is 6.36. The van der Waals surface area contributed by atoms with Gasteiger partial charge in [0.05, 0.1) is 11.7 Å². The molecule has 0 bridgehead atoms. The van der Waals surface area contributed by atoms with Crippen LogP contribution in [-0.2, 0) is 9.47 Å². The Kier molecular flexibility index (Phi) is 5.63. The fraction of sp³-hybridized carbons (Fsp3) is 1.00. The zero-order chi connectivity index (χ0) is 13.8. The Hall–Kier alpha value is -0.120. The molecule has 1 fully saturated rings. The first kappa shape index (κ1) is 15.9. The maximum atomic E-state index is 5.89. The van der Waals surface area contributed by atoms with E-state index in [2.05, 4.69) is 46.9 Å². The van der Waals surface area contributed by atoms with E-state index in [1.165, 1.54) is 0 Å². The summed E-state index contributed by atoms with van der Waals surface area (Å²) in [6.45, 7) is 15.7. The van der Waals surface area contributed by atoms with Crippen molar-refractivity contribution in [3.63, 3.8) is 0 Å². The summed E-state index contributed by atoms with van der Waals surface area (Å²) in [4.78, 5) is 0. The molecule has 0 aromatic carbocycles. The number of hydrogen-bond donors (Lipinski definition) is 1. The molecule has 0 amide bonds. The quantitative estimate of drug-likeness (QED) is 0.793. The van der Waals surface area contributed by atoms with Crippen LogP contribution in [0.25, 0.3) is 0 Å². The topological polar surface area (TPSA) is 30.5 Å². The highest BCUT2D eigenvalue weighted by Gasteiger charge is 2.41. The Morgan fingerprint density at radius 3 is 2.50 bits per heavy atom. The van der Waals surface area contributed by atoms with Crippen LogP contribution in [-0.4, -0.2) is 37.5 Å². The van der Waals surface area contributed by atoms with E-state index in [-0.39, 0.29) is 11.0 Å². The summed E-state index contributed by atoms with van der Waals surface area (Å²) < 4.78 is 11.7. The lowest BCUT2D eigenvalue weighted by Crippen LogP contribution is -2.43. The molecule has 0 saturated carbocycles. The fourth-order valence-corrected chi connectivity index (χ4v) is 2.44. The molecule has 0 spiro atoms. The monoisotopic (exact) mass is 257 g/mol. The van der Waals surface area contributed by atoms with Gasteiger partial charge in [0.15, 0.2) is 0 Å². The van der Waals surface area contributed by atoms with Gasteiger partial charge in [0, 0.05) is 31.2 Å². The highest BCUT2D eigenvalue weighted by Crippen LogP contribution is 2.38. The van der Waals surface area contributed by atoms with Crippen molar-refractivity contribution in [2.45, 2.75) is 72.1 Å². The molecule has 1 rings (SSSR count). The Morgan fingerprint density at radius 2 is 2.06 bits per heavy atom. The maximum absolute atomic E-state index is 5.89. The van der Waals surface area contributed by atoms with E-state index in [1.807, 2.05) is 0 Å². The lowest BCUT2D eigenvalue weighted by atomic mass is 9.78. The minimum Gasteiger partial charge on any atom is -0.378 e. The van der Waals surface area contributed by atoms with Gasteiger partial charge >= 0.3 is 0 Å². The van der Waals surface area contributed by atoms with Crippen LogP contribution in [0.5, 0.6) is 0 Å². The molecule has 3 heteroatoms. The highest BCUT2D eigenvalue weighted by molar-refractivity contribution is 4.91. The highest BCUT2D eigenvalue weighted by atomic mass is 16.5. The number of nitrogens with one attached hydrogen (secondary N) is 1. The van der Waals surface area contributed by atoms with Crippen LogP contribution < -0.4 is 5.32 Å². The second-order valence-electron chi connectivity index (χ2n) is 6.87. The summed E-state index contributed by atoms with van der Waals surface area (Å²) in [6.07, 6.45) is 2.54. The number of rotatable bonds is 6. The molecule has 18 heavy (non-hydrogen) atoms. The summed E-state index contributed by atoms with van der Waals surface area (Å²) in [7, 11) is 0. The van der Waals surface area contributed by atoms with Gasteiger partial charge in [-0.1, -0.05) is 13.8 Å². The third-order valence-corrected chi connectivity index (χ3v) is 3.83. The van der Waals surface area contributed by atoms with Crippen LogP contribution in [0.2, 0.25) is 0 Å². The average molecular weight is 257 g/mol. The molecule has 1 aliphatic heterocycles. The maximum Gasteiger partial charge on any atom is 0.0617 e. The molecule has 2 atom stereocenters. The van der Waals surface area contributed by atoms with Gasteiger partial charge in [-0.15, -0.1) is 0 Å². The zero-order valence-corrected chi connectivity index (χ0v) is 13.0. The van der Waals surface area contributed by atoms with Crippen molar-refractivity contribution < 1.29 is 9.47 Å². The lowest BCUT2D eigenvalue weighted by Gasteiger charge is -2.34. The van der Waals surface area contributed by atoms with Crippen LogP contribution in [0.15, 0.2) is 0 Å². The van der Waals surface area contributed by atoms with E-state index in [0.29, 0.717) is 12.1 Å². The minimum absolute atomic E-state index is 0.0463. The minimum atomic E-state index is -0.0463. The second-order valence-corrected chi connectivity index (χ2v) is 6.87. The lowest BCUT2D eigenvalue weighted by molar-refractivity contribution is -0.0300. The number of hydrogen-bond acceptors (Lipinski definition) is 3. The van der Waals surface area contributed by atoms with Crippen molar-refractivity contribution in [1.82, 2.24) is 5.32 Å². The first-order valence-electron chi connectivity index (χ1n) is 7.24. The Labute approximate surface area is 113 Å². The van der Waals surface area contributed by atoms with Crippen molar-refractivity contribution in [3.05, 3.63) is 0 Å². The normalized spacial score (nSPS) is 29.2. The smallest absolute Gasteiger partial charge is 0.0617 e. The van der Waals surface area contributed by atoms with Crippen LogP contribution in [0.1, 0.15) is 54.4 Å². The predicted octanol–water partition coefficient (Wildman–Crippen LogP) is 2.98. The third-order valence-electron chi connectivity index (χ3n) is 3.83. The van der Waals surface area contributed by atoms with Crippen LogP contribution in [0.4, 0.5) is 0 Å². The zero-order valence-electron chi connectivity index (χ0n) is 13.0. The molecule has 108 valence electrons. The molecule has 1 N–H and O–H groups in total. The van der Waals surface area contributed by atoms with Crippen molar-refractivity contribution in [2.75, 3.05) is 19.8 Å². The summed E-state index contributed by atoms with van der Waals surface area (Å²) in [5.41, 5.74) is 0.199. The Bertz CT molecular complexity index is 247. The van der Waals surface area contributed by atoms with Gasteiger partial charge in [0.2, 0.25) is 0 Å². The summed E-state index contributed by atoms with van der Waals surface area (Å²) in [5.74, 6) is 0. The van der Waals surface area contributed by atoms with E-state index in [0.717, 1.165) is 32.6 Å². The van der Waals surface area contributed by atoms with Crippen LogP contribution in [0, 0.1) is 5.41 Å². The van der Waals surface area contributed by atoms with Crippen molar-refractivity contribution in [3.8, 4) is 0 Å². The van der Waals surface area contributed by atoms with Crippen LogP contribution in [0.3, 0.4) is 0 Å². The van der Waals surface area contributed by atoms with E-state index in [1.54, 1.807) is 0 Å². The van der Waals surface area contributed by atoms with Gasteiger partial charge in [0.1, 0.15) is 0 Å². The van der Waals surface area contributed by atoms with Crippen molar-refractivity contribution in [1.29, 1.82) is 0 Å². The molecule has 3 nitrogen and oxygen atoms in total. The van der Waals surface area contributed by atoms with E-state index in [9.17, 15) is 0 Å². The first-order valence-corrected chi connectivity index (χ1v) is 7.24. The van der Waals surface area contributed by atoms with Gasteiger partial charge in [0.25, 0.3) is 0 Å². The van der Waals surface area contributed by atoms with Gasteiger partial charge in [-0.2, -0.15) is 0 Å². The summed E-state index contributed by atoms with van der Waals surface area (Å²) in [5, 5.41) is 3.57. The molecule has 0 radical (unpaired) electrons. The van der Waals surface area contributed by atoms with Gasteiger partial charge in [-0.25, -0.2) is 0 Å². The third kappa shape index (κ3) is 4.87. The molecule has 1 aliphatic rings. The van der Waals surface area contributed by atoms with E-state index >= 15 is 0 Å². The molecule has 0 aliphatic carbocycles. The standard InChI is InChI=1S/C15H31NO2/c1-12(2)16-11-15(7-9-17-13(15)3)8-10-18-14(4,5)6/h12-13,16H,7-11H2,1-6H3. The summed E-state index contributed by atoms with van der Waals surface area (Å²) >= 11 is 0. The predicted molar refractivity (Wildman–Crippen MR) is 75.9 cm³/mol. The van der Waals surface area contributed by atoms with Gasteiger partial charge in [-0.3, -0.25) is 0 Å². The molecule has 1 saturated heterocycles. The van der Waals surface area contributed by atoms with Gasteiger partial charge in [-0.05, 0) is 40.5 Å². The van der Waals surface area contributed by atoms with E-state index in [4.69, 9.17) is 9.47 Å². The number of ether oxygens (including phenoxy) is 2. The van der Waals surface area contributed by atoms with E-state index < -0.39 is 0 Å². The molecular weight excluding hydrogens is 226 g/mol. The molecule has 0 aromatic heterocycles. The molecule has 2 unspecified atom stereocenters. The largest absolute Gasteiger partial charge is 0.378 e. The van der Waals surface area contributed by atoms with Gasteiger partial charge < -0.3 is 14.8 Å². The Balaban J connectivity index is 2.50. The van der Waals surface area contributed by atoms with Crippen LogP contribution >= 0.6 is 0 Å². The molecule has 0 aromatic rings. The Morgan fingerprint density at radius 1 is 1.39 bits per heavy atom. The molecular formula is C15H31NO2.